The second-order valence-corrected chi connectivity index (χ2v) is 6.77. The van der Waals surface area contributed by atoms with Crippen LogP contribution in [0.25, 0.3) is 0 Å². The third kappa shape index (κ3) is 4.71. The molecule has 0 spiro atoms. The maximum Gasteiger partial charge on any atom is 0.260 e. The van der Waals surface area contributed by atoms with E-state index in [1.807, 2.05) is 18.2 Å². The fourth-order valence-corrected chi connectivity index (χ4v) is 3.31. The van der Waals surface area contributed by atoms with E-state index in [-0.39, 0.29) is 12.6 Å². The lowest BCUT2D eigenvalue weighted by Gasteiger charge is -2.29. The van der Waals surface area contributed by atoms with Gasteiger partial charge in [-0.2, -0.15) is 0 Å². The monoisotopic (exact) mass is 416 g/mol. The quantitative estimate of drug-likeness (QED) is 0.597. The van der Waals surface area contributed by atoms with Crippen molar-refractivity contribution >= 4 is 5.91 Å². The molecule has 0 radical (unpaired) electrons. The van der Waals surface area contributed by atoms with Gasteiger partial charge in [0.15, 0.2) is 29.7 Å². The standard InChI is InChI=1S/C22H28N2O6/c1-26-17-7-6-15(10-19(17)27-2)13-23-8-5-9-24-14-30-18-12-21(29-4)20(28-3)11-16(18)22(24)25/h6-7,10-12,23H,5,8-9,13-14H2,1-4H3. The van der Waals surface area contributed by atoms with E-state index in [2.05, 4.69) is 5.32 Å². The summed E-state index contributed by atoms with van der Waals surface area (Å²) in [5, 5.41) is 3.39. The number of ether oxygens (including phenoxy) is 5. The number of hydrogen-bond donors (Lipinski definition) is 1. The number of rotatable bonds is 10. The molecule has 1 N–H and O–H groups in total. The Morgan fingerprint density at radius 2 is 1.60 bits per heavy atom. The van der Waals surface area contributed by atoms with E-state index in [0.717, 1.165) is 18.5 Å². The topological polar surface area (TPSA) is 78.5 Å². The Hall–Kier alpha value is -3.13. The lowest BCUT2D eigenvalue weighted by molar-refractivity contribution is 0.0517. The highest BCUT2D eigenvalue weighted by Gasteiger charge is 2.27. The van der Waals surface area contributed by atoms with Crippen LogP contribution in [0, 0.1) is 0 Å². The Morgan fingerprint density at radius 3 is 2.30 bits per heavy atom. The largest absolute Gasteiger partial charge is 0.493 e. The maximum absolute atomic E-state index is 12.8. The summed E-state index contributed by atoms with van der Waals surface area (Å²) in [6.07, 6.45) is 0.797. The first-order chi connectivity index (χ1) is 14.6. The molecule has 0 aliphatic carbocycles. The van der Waals surface area contributed by atoms with Crippen LogP contribution in [0.4, 0.5) is 0 Å². The molecule has 8 heteroatoms. The molecule has 8 nitrogen and oxygen atoms in total. The van der Waals surface area contributed by atoms with Crippen molar-refractivity contribution in [3.8, 4) is 28.7 Å². The second kappa shape index (κ2) is 10.1. The summed E-state index contributed by atoms with van der Waals surface area (Å²) in [6.45, 7) is 2.27. The van der Waals surface area contributed by atoms with Gasteiger partial charge in [-0.05, 0) is 30.7 Å². The van der Waals surface area contributed by atoms with Crippen LogP contribution in [0.15, 0.2) is 30.3 Å². The van der Waals surface area contributed by atoms with Crippen LogP contribution >= 0.6 is 0 Å². The van der Waals surface area contributed by atoms with Crippen LogP contribution in [-0.4, -0.2) is 59.1 Å². The van der Waals surface area contributed by atoms with Crippen LogP contribution in [0.1, 0.15) is 22.3 Å². The number of amides is 1. The van der Waals surface area contributed by atoms with Gasteiger partial charge in [-0.15, -0.1) is 0 Å². The number of fused-ring (bicyclic) bond motifs is 1. The molecule has 1 amide bonds. The summed E-state index contributed by atoms with van der Waals surface area (Å²) in [5.74, 6) is 2.90. The first-order valence-corrected chi connectivity index (χ1v) is 9.71. The van der Waals surface area contributed by atoms with Gasteiger partial charge in [0, 0.05) is 25.2 Å². The zero-order chi connectivity index (χ0) is 21.5. The fourth-order valence-electron chi connectivity index (χ4n) is 3.31. The van der Waals surface area contributed by atoms with Crippen molar-refractivity contribution in [2.45, 2.75) is 13.0 Å². The normalized spacial score (nSPS) is 12.8. The fraction of sp³-hybridized carbons (Fsp3) is 0.409. The second-order valence-electron chi connectivity index (χ2n) is 6.77. The van der Waals surface area contributed by atoms with Gasteiger partial charge in [-0.1, -0.05) is 6.07 Å². The van der Waals surface area contributed by atoms with Crippen molar-refractivity contribution in [1.29, 1.82) is 0 Å². The zero-order valence-electron chi connectivity index (χ0n) is 17.8. The molecule has 1 aliphatic rings. The van der Waals surface area contributed by atoms with Crippen LogP contribution < -0.4 is 29.0 Å². The maximum atomic E-state index is 12.8. The van der Waals surface area contributed by atoms with E-state index >= 15 is 0 Å². The molecule has 1 aliphatic heterocycles. The molecule has 0 aromatic heterocycles. The highest BCUT2D eigenvalue weighted by Crippen LogP contribution is 2.37. The lowest BCUT2D eigenvalue weighted by Crippen LogP contribution is -2.40. The first-order valence-electron chi connectivity index (χ1n) is 9.71. The molecule has 30 heavy (non-hydrogen) atoms. The molecule has 3 rings (SSSR count). The molecule has 0 saturated carbocycles. The van der Waals surface area contributed by atoms with Crippen LogP contribution in [0.3, 0.4) is 0 Å². The number of hydrogen-bond acceptors (Lipinski definition) is 7. The third-order valence-corrected chi connectivity index (χ3v) is 4.94. The lowest BCUT2D eigenvalue weighted by atomic mass is 10.1. The minimum Gasteiger partial charge on any atom is -0.493 e. The summed E-state index contributed by atoms with van der Waals surface area (Å²) >= 11 is 0. The van der Waals surface area contributed by atoms with Crippen LogP contribution in [0.5, 0.6) is 28.7 Å². The van der Waals surface area contributed by atoms with Crippen molar-refractivity contribution in [3.63, 3.8) is 0 Å². The number of methoxy groups -OCH3 is 4. The van der Waals surface area contributed by atoms with Gasteiger partial charge in [-0.3, -0.25) is 4.79 Å². The van der Waals surface area contributed by atoms with Gasteiger partial charge in [0.25, 0.3) is 5.91 Å². The van der Waals surface area contributed by atoms with Gasteiger partial charge >= 0.3 is 0 Å². The Bertz CT molecular complexity index is 886. The molecule has 0 saturated heterocycles. The van der Waals surface area contributed by atoms with Gasteiger partial charge < -0.3 is 33.9 Å². The van der Waals surface area contributed by atoms with Crippen molar-refractivity contribution in [3.05, 3.63) is 41.5 Å². The summed E-state index contributed by atoms with van der Waals surface area (Å²) in [6, 6.07) is 9.19. The molecule has 0 fully saturated rings. The highest BCUT2D eigenvalue weighted by atomic mass is 16.5. The van der Waals surface area contributed by atoms with Crippen LogP contribution in [0.2, 0.25) is 0 Å². The third-order valence-electron chi connectivity index (χ3n) is 4.94. The van der Waals surface area contributed by atoms with Gasteiger partial charge in [0.05, 0.1) is 34.0 Å². The van der Waals surface area contributed by atoms with Gasteiger partial charge in [0.2, 0.25) is 0 Å². The molecular formula is C22H28N2O6. The van der Waals surface area contributed by atoms with E-state index in [1.54, 1.807) is 45.5 Å². The van der Waals surface area contributed by atoms with E-state index < -0.39 is 0 Å². The van der Waals surface area contributed by atoms with E-state index in [4.69, 9.17) is 23.7 Å². The molecule has 0 atom stereocenters. The summed E-state index contributed by atoms with van der Waals surface area (Å²) in [7, 11) is 6.33. The average Bonchev–Trinajstić information content (AvgIpc) is 2.79. The Labute approximate surface area is 176 Å². The van der Waals surface area contributed by atoms with Crippen LogP contribution in [-0.2, 0) is 6.54 Å². The minimum absolute atomic E-state index is 0.0721. The van der Waals surface area contributed by atoms with E-state index in [0.29, 0.717) is 47.4 Å². The molecular weight excluding hydrogens is 388 g/mol. The van der Waals surface area contributed by atoms with Gasteiger partial charge in [-0.25, -0.2) is 0 Å². The van der Waals surface area contributed by atoms with Crippen molar-refractivity contribution in [1.82, 2.24) is 10.2 Å². The zero-order valence-corrected chi connectivity index (χ0v) is 17.8. The predicted molar refractivity (Wildman–Crippen MR) is 112 cm³/mol. The summed E-state index contributed by atoms with van der Waals surface area (Å²) in [5.41, 5.74) is 1.58. The molecule has 162 valence electrons. The Balaban J connectivity index is 1.50. The van der Waals surface area contributed by atoms with Gasteiger partial charge in [0.1, 0.15) is 5.75 Å². The Morgan fingerprint density at radius 1 is 0.933 bits per heavy atom. The number of carbonyl (C=O) groups excluding carboxylic acids is 1. The number of benzene rings is 2. The smallest absolute Gasteiger partial charge is 0.260 e. The van der Waals surface area contributed by atoms with E-state index in [1.165, 1.54) is 0 Å². The van der Waals surface area contributed by atoms with Crippen molar-refractivity contribution in [2.75, 3.05) is 48.3 Å². The SMILES string of the molecule is COc1ccc(CNCCCN2COc3cc(OC)c(OC)cc3C2=O)cc1OC. The first kappa shape index (κ1) is 21.6. The van der Waals surface area contributed by atoms with Crippen molar-refractivity contribution in [2.24, 2.45) is 0 Å². The average molecular weight is 416 g/mol. The molecule has 0 bridgehead atoms. The molecule has 0 unspecified atom stereocenters. The number of nitrogens with one attached hydrogen (secondary N) is 1. The molecule has 2 aromatic carbocycles. The summed E-state index contributed by atoms with van der Waals surface area (Å²) < 4.78 is 26.9. The molecule has 2 aromatic rings. The number of carbonyl (C=O) groups is 1. The predicted octanol–water partition coefficient (Wildman–Crippen LogP) is 2.69. The van der Waals surface area contributed by atoms with Crippen molar-refractivity contribution < 1.29 is 28.5 Å². The minimum atomic E-state index is -0.0721. The summed E-state index contributed by atoms with van der Waals surface area (Å²) in [4.78, 5) is 14.5. The van der Waals surface area contributed by atoms with E-state index in [9.17, 15) is 4.79 Å². The Kier molecular flexibility index (Phi) is 7.24. The molecule has 1 heterocycles. The highest BCUT2D eigenvalue weighted by molar-refractivity contribution is 5.98. The number of nitrogens with zero attached hydrogens (tertiary/aromatic N) is 1.